The summed E-state index contributed by atoms with van der Waals surface area (Å²) in [6, 6.07) is 5.66. The second-order valence-corrected chi connectivity index (χ2v) is 9.67. The summed E-state index contributed by atoms with van der Waals surface area (Å²) >= 11 is 0. The molecule has 7 nitrogen and oxygen atoms in total. The third-order valence-corrected chi connectivity index (χ3v) is 6.24. The van der Waals surface area contributed by atoms with Crippen LogP contribution in [0.5, 0.6) is 0 Å². The van der Waals surface area contributed by atoms with Gasteiger partial charge in [0, 0.05) is 51.1 Å². The van der Waals surface area contributed by atoms with Gasteiger partial charge >= 0.3 is 0 Å². The van der Waals surface area contributed by atoms with Crippen molar-refractivity contribution in [2.75, 3.05) is 43.7 Å². The van der Waals surface area contributed by atoms with E-state index in [0.29, 0.717) is 18.8 Å². The molecule has 1 aliphatic carbocycles. The quantitative estimate of drug-likeness (QED) is 0.729. The molecule has 1 heterocycles. The van der Waals surface area contributed by atoms with Gasteiger partial charge in [-0.25, -0.2) is 8.42 Å². The molecule has 8 heteroatoms. The average molecular weight is 396 g/mol. The van der Waals surface area contributed by atoms with Gasteiger partial charge in [0.15, 0.2) is 0 Å². The first-order chi connectivity index (χ1) is 12.7. The Balaban J connectivity index is 1.82. The molecule has 0 aromatic heterocycles. The topological polar surface area (TPSA) is 79.0 Å². The number of rotatable bonds is 8. The van der Waals surface area contributed by atoms with Crippen molar-refractivity contribution in [3.05, 3.63) is 23.8 Å². The number of carbonyl (C=O) groups is 1. The maximum Gasteiger partial charge on any atom is 0.227 e. The summed E-state index contributed by atoms with van der Waals surface area (Å²) in [6.07, 6.45) is 4.91. The lowest BCUT2D eigenvalue weighted by molar-refractivity contribution is -0.117. The standard InChI is InChI=1S/C19H29N3O4S/c1-21(2)18-9-8-16(20-19(23)14-6-7-14)11-15(18)12-22(27(3,24)25)13-17-5-4-10-26-17/h8-9,11,14,17H,4-7,10,12-13H2,1-3H3,(H,20,23)/t17-/m1/s1. The Kier molecular flexibility index (Phi) is 6.08. The van der Waals surface area contributed by atoms with Crippen LogP contribution in [0.25, 0.3) is 0 Å². The second-order valence-electron chi connectivity index (χ2n) is 7.69. The molecule has 1 aliphatic heterocycles. The summed E-state index contributed by atoms with van der Waals surface area (Å²) in [5.74, 6) is 0.159. The van der Waals surface area contributed by atoms with Gasteiger partial charge < -0.3 is 15.0 Å². The molecule has 1 saturated carbocycles. The minimum Gasteiger partial charge on any atom is -0.377 e. The maximum absolute atomic E-state index is 12.4. The van der Waals surface area contributed by atoms with E-state index >= 15 is 0 Å². The van der Waals surface area contributed by atoms with Crippen LogP contribution in [0.2, 0.25) is 0 Å². The average Bonchev–Trinajstić information content (AvgIpc) is 3.31. The van der Waals surface area contributed by atoms with Gasteiger partial charge in [-0.3, -0.25) is 4.79 Å². The molecular formula is C19H29N3O4S. The van der Waals surface area contributed by atoms with Crippen molar-refractivity contribution in [1.82, 2.24) is 4.31 Å². The molecule has 2 fully saturated rings. The van der Waals surface area contributed by atoms with E-state index in [1.54, 1.807) is 0 Å². The first-order valence-corrected chi connectivity index (χ1v) is 11.3. The minimum absolute atomic E-state index is 0.0397. The number of sulfonamides is 1. The van der Waals surface area contributed by atoms with Crippen molar-refractivity contribution < 1.29 is 17.9 Å². The number of benzene rings is 1. The zero-order valence-corrected chi connectivity index (χ0v) is 17.1. The number of ether oxygens (including phenoxy) is 1. The highest BCUT2D eigenvalue weighted by molar-refractivity contribution is 7.88. The molecule has 0 radical (unpaired) electrons. The second kappa shape index (κ2) is 8.16. The third kappa shape index (κ3) is 5.43. The van der Waals surface area contributed by atoms with Crippen molar-refractivity contribution >= 4 is 27.3 Å². The Bertz CT molecular complexity index is 784. The summed E-state index contributed by atoms with van der Waals surface area (Å²) in [7, 11) is 0.461. The van der Waals surface area contributed by atoms with Crippen LogP contribution in [-0.2, 0) is 26.1 Å². The zero-order valence-electron chi connectivity index (χ0n) is 16.3. The highest BCUT2D eigenvalue weighted by atomic mass is 32.2. The van der Waals surface area contributed by atoms with E-state index in [1.165, 1.54) is 10.6 Å². The monoisotopic (exact) mass is 395 g/mol. The van der Waals surface area contributed by atoms with E-state index in [2.05, 4.69) is 5.32 Å². The van der Waals surface area contributed by atoms with E-state index in [1.807, 2.05) is 37.2 Å². The normalized spacial score (nSPS) is 20.1. The molecule has 1 aromatic carbocycles. The van der Waals surface area contributed by atoms with Gasteiger partial charge in [-0.1, -0.05) is 0 Å². The maximum atomic E-state index is 12.4. The van der Waals surface area contributed by atoms with Crippen molar-refractivity contribution in [2.24, 2.45) is 5.92 Å². The molecule has 1 amide bonds. The molecule has 0 spiro atoms. The molecule has 2 aliphatic rings. The van der Waals surface area contributed by atoms with Crippen LogP contribution in [0.3, 0.4) is 0 Å². The molecule has 0 unspecified atom stereocenters. The van der Waals surface area contributed by atoms with Crippen molar-refractivity contribution in [2.45, 2.75) is 38.3 Å². The third-order valence-electron chi connectivity index (χ3n) is 5.02. The van der Waals surface area contributed by atoms with E-state index in [-0.39, 0.29) is 24.5 Å². The first kappa shape index (κ1) is 20.1. The van der Waals surface area contributed by atoms with E-state index < -0.39 is 10.0 Å². The number of nitrogens with zero attached hydrogens (tertiary/aromatic N) is 2. The van der Waals surface area contributed by atoms with Crippen LogP contribution in [0, 0.1) is 5.92 Å². The molecule has 1 saturated heterocycles. The number of hydrogen-bond acceptors (Lipinski definition) is 5. The van der Waals surface area contributed by atoms with Crippen molar-refractivity contribution in [3.63, 3.8) is 0 Å². The van der Waals surface area contributed by atoms with Crippen LogP contribution in [0.15, 0.2) is 18.2 Å². The highest BCUT2D eigenvalue weighted by Gasteiger charge is 2.30. The minimum atomic E-state index is -3.38. The SMILES string of the molecule is CN(C)c1ccc(NC(=O)C2CC2)cc1CN(C[C@H]1CCCO1)S(C)(=O)=O. The molecular weight excluding hydrogens is 366 g/mol. The van der Waals surface area contributed by atoms with Gasteiger partial charge in [0.05, 0.1) is 12.4 Å². The van der Waals surface area contributed by atoms with Gasteiger partial charge in [0.1, 0.15) is 0 Å². The molecule has 1 aromatic rings. The smallest absolute Gasteiger partial charge is 0.227 e. The number of nitrogens with one attached hydrogen (secondary N) is 1. The Morgan fingerprint density at radius 3 is 2.56 bits per heavy atom. The Hall–Kier alpha value is -1.64. The van der Waals surface area contributed by atoms with Gasteiger partial charge in [0.25, 0.3) is 0 Å². The number of carbonyl (C=O) groups excluding carboxylic acids is 1. The van der Waals surface area contributed by atoms with Crippen LogP contribution in [0.1, 0.15) is 31.2 Å². The summed E-state index contributed by atoms with van der Waals surface area (Å²) in [4.78, 5) is 14.0. The van der Waals surface area contributed by atoms with Gasteiger partial charge in [-0.05, 0) is 49.4 Å². The number of anilines is 2. The van der Waals surface area contributed by atoms with Gasteiger partial charge in [-0.15, -0.1) is 0 Å². The molecule has 3 rings (SSSR count). The Morgan fingerprint density at radius 1 is 1.26 bits per heavy atom. The summed E-state index contributed by atoms with van der Waals surface area (Å²) < 4.78 is 31.8. The summed E-state index contributed by atoms with van der Waals surface area (Å²) in [5.41, 5.74) is 2.50. The van der Waals surface area contributed by atoms with Crippen LogP contribution in [0.4, 0.5) is 11.4 Å². The van der Waals surface area contributed by atoms with E-state index in [4.69, 9.17) is 4.74 Å². The number of hydrogen-bond donors (Lipinski definition) is 1. The largest absolute Gasteiger partial charge is 0.377 e. The number of amides is 1. The predicted molar refractivity (Wildman–Crippen MR) is 106 cm³/mol. The lowest BCUT2D eigenvalue weighted by atomic mass is 10.1. The molecule has 0 bridgehead atoms. The fourth-order valence-corrected chi connectivity index (χ4v) is 4.15. The summed E-state index contributed by atoms with van der Waals surface area (Å²) in [5, 5.41) is 2.95. The van der Waals surface area contributed by atoms with Crippen molar-refractivity contribution in [3.8, 4) is 0 Å². The molecule has 1 N–H and O–H groups in total. The predicted octanol–water partition coefficient (Wildman–Crippen LogP) is 2.04. The molecule has 27 heavy (non-hydrogen) atoms. The van der Waals surface area contributed by atoms with Gasteiger partial charge in [0.2, 0.25) is 15.9 Å². The highest BCUT2D eigenvalue weighted by Crippen LogP contribution is 2.31. The fourth-order valence-electron chi connectivity index (χ4n) is 3.34. The van der Waals surface area contributed by atoms with Gasteiger partial charge in [-0.2, -0.15) is 4.31 Å². The van der Waals surface area contributed by atoms with Crippen molar-refractivity contribution in [1.29, 1.82) is 0 Å². The Morgan fingerprint density at radius 2 is 2.00 bits per heavy atom. The lowest BCUT2D eigenvalue weighted by Gasteiger charge is -2.26. The van der Waals surface area contributed by atoms with E-state index in [0.717, 1.165) is 36.9 Å². The fraction of sp³-hybridized carbons (Fsp3) is 0.632. The zero-order chi connectivity index (χ0) is 19.6. The van der Waals surface area contributed by atoms with Crippen LogP contribution < -0.4 is 10.2 Å². The summed E-state index contributed by atoms with van der Waals surface area (Å²) in [6.45, 7) is 1.29. The van der Waals surface area contributed by atoms with E-state index in [9.17, 15) is 13.2 Å². The lowest BCUT2D eigenvalue weighted by Crippen LogP contribution is -2.36. The first-order valence-electron chi connectivity index (χ1n) is 9.42. The molecule has 150 valence electrons. The van der Waals surface area contributed by atoms with Crippen LogP contribution in [-0.4, -0.2) is 58.2 Å². The Labute approximate surface area is 161 Å². The molecule has 1 atom stereocenters. The van der Waals surface area contributed by atoms with Crippen LogP contribution >= 0.6 is 0 Å².